The summed E-state index contributed by atoms with van der Waals surface area (Å²) in [5.74, 6) is -0.692. The second kappa shape index (κ2) is 6.02. The lowest BCUT2D eigenvalue weighted by atomic mass is 10.1. The van der Waals surface area contributed by atoms with Crippen LogP contribution in [0.4, 0.5) is 4.39 Å². The van der Waals surface area contributed by atoms with E-state index in [9.17, 15) is 9.18 Å². The first-order valence-corrected chi connectivity index (χ1v) is 6.36. The molecule has 108 valence electrons. The van der Waals surface area contributed by atoms with Gasteiger partial charge in [0.05, 0.1) is 13.2 Å². The minimum absolute atomic E-state index is 0.141. The molecule has 1 heterocycles. The number of hydrogen-bond donors (Lipinski definition) is 3. The number of carbonyl (C=O) groups is 1. The molecule has 1 aromatic carbocycles. The third-order valence-corrected chi connectivity index (χ3v) is 3.17. The Morgan fingerprint density at radius 1 is 1.25 bits per heavy atom. The van der Waals surface area contributed by atoms with Crippen LogP contribution in [0.15, 0.2) is 18.2 Å². The van der Waals surface area contributed by atoms with Crippen LogP contribution in [0.3, 0.4) is 0 Å². The van der Waals surface area contributed by atoms with Crippen LogP contribution < -0.4 is 0 Å². The summed E-state index contributed by atoms with van der Waals surface area (Å²) >= 11 is 0. The van der Waals surface area contributed by atoms with Gasteiger partial charge in [-0.25, -0.2) is 4.39 Å². The molecule has 0 saturated heterocycles. The Bertz CT molecular complexity index is 618. The van der Waals surface area contributed by atoms with Crippen molar-refractivity contribution in [3.05, 3.63) is 35.3 Å². The fourth-order valence-corrected chi connectivity index (χ4v) is 2.22. The van der Waals surface area contributed by atoms with Crippen molar-refractivity contribution < 1.29 is 19.4 Å². The Hall–Kier alpha value is -1.92. The van der Waals surface area contributed by atoms with E-state index in [4.69, 9.17) is 10.2 Å². The number of hydrogen-bond acceptors (Lipinski definition) is 3. The number of H-pyrrole nitrogens is 1. The van der Waals surface area contributed by atoms with Crippen molar-refractivity contribution in [1.82, 2.24) is 9.88 Å². The lowest BCUT2D eigenvalue weighted by Gasteiger charge is -2.19. The molecule has 6 heteroatoms. The van der Waals surface area contributed by atoms with E-state index in [0.717, 1.165) is 10.9 Å². The van der Waals surface area contributed by atoms with Gasteiger partial charge in [-0.2, -0.15) is 0 Å². The Balaban J connectivity index is 2.36. The molecule has 0 spiro atoms. The summed E-state index contributed by atoms with van der Waals surface area (Å²) in [6, 6.07) is 4.40. The Morgan fingerprint density at radius 2 is 1.90 bits per heavy atom. The summed E-state index contributed by atoms with van der Waals surface area (Å²) in [6.07, 6.45) is 0. The van der Waals surface area contributed by atoms with E-state index in [1.165, 1.54) is 17.0 Å². The van der Waals surface area contributed by atoms with Gasteiger partial charge in [-0.15, -0.1) is 0 Å². The maximum absolute atomic E-state index is 13.3. The maximum atomic E-state index is 13.3. The monoisotopic (exact) mass is 280 g/mol. The summed E-state index contributed by atoms with van der Waals surface area (Å²) in [4.78, 5) is 16.5. The summed E-state index contributed by atoms with van der Waals surface area (Å²) in [5.41, 5.74) is 1.61. The molecule has 0 fully saturated rings. The zero-order valence-corrected chi connectivity index (χ0v) is 11.2. The van der Waals surface area contributed by atoms with E-state index in [0.29, 0.717) is 11.2 Å². The number of benzene rings is 1. The number of aromatic nitrogens is 1. The number of amides is 1. The molecular weight excluding hydrogens is 263 g/mol. The Kier molecular flexibility index (Phi) is 4.36. The standard InChI is InChI=1S/C14H17FN2O3/c1-9-6-10(15)7-12-11(9)8-13(16-12)14(20)17(2-4-18)3-5-19/h6-8,16,18-19H,2-5H2,1H3. The minimum atomic E-state index is -0.363. The lowest BCUT2D eigenvalue weighted by Crippen LogP contribution is -2.36. The molecule has 0 saturated carbocycles. The third-order valence-electron chi connectivity index (χ3n) is 3.17. The SMILES string of the molecule is Cc1cc(F)cc2[nH]c(C(=O)N(CCO)CCO)cc12. The topological polar surface area (TPSA) is 76.6 Å². The number of rotatable bonds is 5. The maximum Gasteiger partial charge on any atom is 0.270 e. The number of nitrogens with zero attached hydrogens (tertiary/aromatic N) is 1. The van der Waals surface area contributed by atoms with Crippen molar-refractivity contribution in [1.29, 1.82) is 0 Å². The van der Waals surface area contributed by atoms with Crippen molar-refractivity contribution in [2.45, 2.75) is 6.92 Å². The molecule has 20 heavy (non-hydrogen) atoms. The van der Waals surface area contributed by atoms with Crippen LogP contribution in [-0.2, 0) is 0 Å². The second-order valence-corrected chi connectivity index (χ2v) is 4.61. The zero-order chi connectivity index (χ0) is 14.7. The first kappa shape index (κ1) is 14.5. The summed E-state index contributed by atoms with van der Waals surface area (Å²) in [7, 11) is 0. The Morgan fingerprint density at radius 3 is 2.50 bits per heavy atom. The van der Waals surface area contributed by atoms with E-state index in [1.54, 1.807) is 13.0 Å². The molecule has 1 aromatic heterocycles. The van der Waals surface area contributed by atoms with Gasteiger partial charge in [0.2, 0.25) is 0 Å². The van der Waals surface area contributed by atoms with Crippen LogP contribution in [0.1, 0.15) is 16.1 Å². The average molecular weight is 280 g/mol. The second-order valence-electron chi connectivity index (χ2n) is 4.61. The Labute approximate surface area is 115 Å². The van der Waals surface area contributed by atoms with E-state index >= 15 is 0 Å². The zero-order valence-electron chi connectivity index (χ0n) is 11.2. The molecule has 0 atom stereocenters. The van der Waals surface area contributed by atoms with Crippen LogP contribution in [-0.4, -0.2) is 52.3 Å². The van der Waals surface area contributed by atoms with Crippen molar-refractivity contribution in [3.63, 3.8) is 0 Å². The van der Waals surface area contributed by atoms with Gasteiger partial charge in [0.1, 0.15) is 11.5 Å². The number of aliphatic hydroxyl groups excluding tert-OH is 2. The molecule has 0 bridgehead atoms. The largest absolute Gasteiger partial charge is 0.395 e. The number of fused-ring (bicyclic) bond motifs is 1. The molecule has 5 nitrogen and oxygen atoms in total. The average Bonchev–Trinajstić information content (AvgIpc) is 2.81. The van der Waals surface area contributed by atoms with Gasteiger partial charge in [-0.05, 0) is 30.7 Å². The van der Waals surface area contributed by atoms with Crippen LogP contribution in [0.2, 0.25) is 0 Å². The molecule has 3 N–H and O–H groups in total. The molecule has 2 aromatic rings. The van der Waals surface area contributed by atoms with Crippen molar-refractivity contribution >= 4 is 16.8 Å². The fraction of sp³-hybridized carbons (Fsp3) is 0.357. The highest BCUT2D eigenvalue weighted by atomic mass is 19.1. The first-order chi connectivity index (χ1) is 9.56. The quantitative estimate of drug-likeness (QED) is 0.766. The molecule has 2 rings (SSSR count). The number of aromatic amines is 1. The van der Waals surface area contributed by atoms with Gasteiger partial charge >= 0.3 is 0 Å². The van der Waals surface area contributed by atoms with Crippen molar-refractivity contribution in [2.75, 3.05) is 26.3 Å². The molecule has 0 aliphatic carbocycles. The van der Waals surface area contributed by atoms with E-state index in [-0.39, 0.29) is 38.0 Å². The summed E-state index contributed by atoms with van der Waals surface area (Å²) in [6.45, 7) is 1.69. The number of aliphatic hydroxyl groups is 2. The van der Waals surface area contributed by atoms with Gasteiger partial charge in [-0.1, -0.05) is 0 Å². The number of aryl methyl sites for hydroxylation is 1. The molecule has 0 unspecified atom stereocenters. The van der Waals surface area contributed by atoms with Crippen molar-refractivity contribution in [3.8, 4) is 0 Å². The summed E-state index contributed by atoms with van der Waals surface area (Å²) < 4.78 is 13.3. The predicted molar refractivity (Wildman–Crippen MR) is 73.1 cm³/mol. The fourth-order valence-electron chi connectivity index (χ4n) is 2.22. The lowest BCUT2D eigenvalue weighted by molar-refractivity contribution is 0.0680. The van der Waals surface area contributed by atoms with Gasteiger partial charge in [0, 0.05) is 24.0 Å². The van der Waals surface area contributed by atoms with Crippen LogP contribution in [0.25, 0.3) is 10.9 Å². The predicted octanol–water partition coefficient (Wildman–Crippen LogP) is 1.04. The molecule has 0 aliphatic rings. The summed E-state index contributed by atoms with van der Waals surface area (Å²) in [5, 5.41) is 18.7. The highest BCUT2D eigenvalue weighted by molar-refractivity contribution is 5.98. The van der Waals surface area contributed by atoms with E-state index in [2.05, 4.69) is 4.98 Å². The third kappa shape index (κ3) is 2.81. The van der Waals surface area contributed by atoms with E-state index in [1.807, 2.05) is 0 Å². The molecular formula is C14H17FN2O3. The van der Waals surface area contributed by atoms with Crippen molar-refractivity contribution in [2.24, 2.45) is 0 Å². The highest BCUT2D eigenvalue weighted by Crippen LogP contribution is 2.21. The minimum Gasteiger partial charge on any atom is -0.395 e. The van der Waals surface area contributed by atoms with Gasteiger partial charge in [0.15, 0.2) is 0 Å². The molecule has 1 amide bonds. The number of halogens is 1. The highest BCUT2D eigenvalue weighted by Gasteiger charge is 2.17. The van der Waals surface area contributed by atoms with Crippen LogP contribution in [0.5, 0.6) is 0 Å². The van der Waals surface area contributed by atoms with E-state index < -0.39 is 0 Å². The van der Waals surface area contributed by atoms with Gasteiger partial charge in [0.25, 0.3) is 5.91 Å². The van der Waals surface area contributed by atoms with Crippen LogP contribution in [0, 0.1) is 12.7 Å². The van der Waals surface area contributed by atoms with Gasteiger partial charge < -0.3 is 20.1 Å². The first-order valence-electron chi connectivity index (χ1n) is 6.36. The number of carbonyl (C=O) groups excluding carboxylic acids is 1. The normalized spacial score (nSPS) is 11.0. The van der Waals surface area contributed by atoms with Crippen LogP contribution >= 0.6 is 0 Å². The smallest absolute Gasteiger partial charge is 0.270 e. The molecule has 0 aliphatic heterocycles. The molecule has 0 radical (unpaired) electrons. The number of nitrogens with one attached hydrogen (secondary N) is 1. The van der Waals surface area contributed by atoms with Gasteiger partial charge in [-0.3, -0.25) is 4.79 Å².